The number of hydrogen-bond donors (Lipinski definition) is 1. The number of aromatic nitrogens is 2. The minimum Gasteiger partial charge on any atom is -0.330 e. The fourth-order valence-electron chi connectivity index (χ4n) is 2.12. The first-order valence-corrected chi connectivity index (χ1v) is 6.93. The molecule has 19 heavy (non-hydrogen) atoms. The molecule has 1 unspecified atom stereocenters. The maximum Gasteiger partial charge on any atom is 0.327 e. The Hall–Kier alpha value is -1.82. The molecule has 1 N–H and O–H groups in total. The van der Waals surface area contributed by atoms with Crippen molar-refractivity contribution in [2.24, 2.45) is 0 Å². The van der Waals surface area contributed by atoms with Crippen LogP contribution in [0.1, 0.15) is 18.0 Å². The molecular formula is C13H12FN3OS. The Kier molecular flexibility index (Phi) is 3.25. The van der Waals surface area contributed by atoms with Gasteiger partial charge < -0.3 is 5.32 Å². The van der Waals surface area contributed by atoms with E-state index in [0.717, 1.165) is 22.6 Å². The van der Waals surface area contributed by atoms with Gasteiger partial charge in [-0.25, -0.2) is 14.2 Å². The van der Waals surface area contributed by atoms with E-state index in [1.807, 2.05) is 0 Å². The lowest BCUT2D eigenvalue weighted by Gasteiger charge is -2.25. The predicted octanol–water partition coefficient (Wildman–Crippen LogP) is 2.82. The molecule has 2 aromatic rings. The number of imidazole rings is 1. The maximum absolute atomic E-state index is 13.3. The lowest BCUT2D eigenvalue weighted by Crippen LogP contribution is -2.33. The van der Waals surface area contributed by atoms with Crippen LogP contribution in [0.2, 0.25) is 0 Å². The molecule has 0 bridgehead atoms. The number of nitrogens with zero attached hydrogens (tertiary/aromatic N) is 2. The number of rotatable bonds is 1. The quantitative estimate of drug-likeness (QED) is 0.872. The van der Waals surface area contributed by atoms with Crippen molar-refractivity contribution < 1.29 is 9.18 Å². The second-order valence-electron chi connectivity index (χ2n) is 4.29. The van der Waals surface area contributed by atoms with Gasteiger partial charge in [0, 0.05) is 23.0 Å². The fourth-order valence-corrected chi connectivity index (χ4v) is 3.22. The monoisotopic (exact) mass is 277 g/mol. The summed E-state index contributed by atoms with van der Waals surface area (Å²) in [5.41, 5.74) is 0.852. The number of thioether (sulfide) groups is 1. The Morgan fingerprint density at radius 1 is 1.53 bits per heavy atom. The summed E-state index contributed by atoms with van der Waals surface area (Å²) in [7, 11) is 0. The fraction of sp³-hybridized carbons (Fsp3) is 0.231. The van der Waals surface area contributed by atoms with Gasteiger partial charge in [-0.3, -0.25) is 4.57 Å². The topological polar surface area (TPSA) is 46.9 Å². The standard InChI is InChI=1S/C13H12FN3OS/c14-9-1-2-12-10(7-9)11(3-6-19-12)16-13(18)17-5-4-15-8-17/h1-2,4-5,7-8,11H,3,6H2,(H,16,18). The Bertz CT molecular complexity index is 600. The molecule has 1 atom stereocenters. The Morgan fingerprint density at radius 3 is 3.21 bits per heavy atom. The average Bonchev–Trinajstić information content (AvgIpc) is 2.93. The summed E-state index contributed by atoms with van der Waals surface area (Å²) in [6.45, 7) is 0. The molecule has 1 aromatic carbocycles. The van der Waals surface area contributed by atoms with E-state index in [9.17, 15) is 9.18 Å². The predicted molar refractivity (Wildman–Crippen MR) is 70.6 cm³/mol. The Morgan fingerprint density at radius 2 is 2.42 bits per heavy atom. The smallest absolute Gasteiger partial charge is 0.327 e. The summed E-state index contributed by atoms with van der Waals surface area (Å²) in [5.74, 6) is 0.635. The van der Waals surface area contributed by atoms with E-state index in [0.29, 0.717) is 0 Å². The minimum atomic E-state index is -0.275. The zero-order chi connectivity index (χ0) is 13.2. The van der Waals surface area contributed by atoms with Crippen molar-refractivity contribution in [2.45, 2.75) is 17.4 Å². The van der Waals surface area contributed by atoms with Gasteiger partial charge >= 0.3 is 6.03 Å². The first-order valence-electron chi connectivity index (χ1n) is 5.95. The normalized spacial score (nSPS) is 17.8. The van der Waals surface area contributed by atoms with Gasteiger partial charge in [0.1, 0.15) is 12.1 Å². The van der Waals surface area contributed by atoms with E-state index in [1.165, 1.54) is 23.0 Å². The third-order valence-electron chi connectivity index (χ3n) is 3.05. The van der Waals surface area contributed by atoms with E-state index in [2.05, 4.69) is 10.3 Å². The van der Waals surface area contributed by atoms with E-state index in [1.54, 1.807) is 30.2 Å². The minimum absolute atomic E-state index is 0.151. The molecule has 0 fully saturated rings. The van der Waals surface area contributed by atoms with Crippen molar-refractivity contribution in [1.29, 1.82) is 0 Å². The van der Waals surface area contributed by atoms with Gasteiger partial charge in [0.05, 0.1) is 6.04 Å². The molecule has 0 spiro atoms. The number of hydrogen-bond acceptors (Lipinski definition) is 3. The average molecular weight is 277 g/mol. The molecule has 1 aliphatic heterocycles. The van der Waals surface area contributed by atoms with E-state index in [4.69, 9.17) is 0 Å². The van der Waals surface area contributed by atoms with E-state index < -0.39 is 0 Å². The largest absolute Gasteiger partial charge is 0.330 e. The second-order valence-corrected chi connectivity index (χ2v) is 5.43. The molecule has 0 saturated heterocycles. The summed E-state index contributed by atoms with van der Waals surface area (Å²) in [4.78, 5) is 16.8. The number of carbonyl (C=O) groups excluding carboxylic acids is 1. The maximum atomic E-state index is 13.3. The van der Waals surface area contributed by atoms with Gasteiger partial charge in [-0.2, -0.15) is 0 Å². The summed E-state index contributed by atoms with van der Waals surface area (Å²) >= 11 is 1.69. The molecular weight excluding hydrogens is 265 g/mol. The molecule has 1 amide bonds. The van der Waals surface area contributed by atoms with Crippen molar-refractivity contribution >= 4 is 17.8 Å². The van der Waals surface area contributed by atoms with Crippen LogP contribution in [0.3, 0.4) is 0 Å². The van der Waals surface area contributed by atoms with Crippen molar-refractivity contribution in [3.63, 3.8) is 0 Å². The SMILES string of the molecule is O=C(NC1CCSc2ccc(F)cc21)n1ccnc1. The lowest BCUT2D eigenvalue weighted by atomic mass is 10.0. The second kappa shape index (κ2) is 5.05. The van der Waals surface area contributed by atoms with Gasteiger partial charge in [0.2, 0.25) is 0 Å². The molecule has 0 radical (unpaired) electrons. The summed E-state index contributed by atoms with van der Waals surface area (Å²) in [6, 6.07) is 4.32. The van der Waals surface area contributed by atoms with Crippen LogP contribution in [0.25, 0.3) is 0 Å². The molecule has 1 aromatic heterocycles. The molecule has 0 saturated carbocycles. The summed E-state index contributed by atoms with van der Waals surface area (Å²) < 4.78 is 14.7. The molecule has 6 heteroatoms. The van der Waals surface area contributed by atoms with Crippen LogP contribution < -0.4 is 5.32 Å². The Labute approximate surface area is 114 Å². The molecule has 2 heterocycles. The highest BCUT2D eigenvalue weighted by Crippen LogP contribution is 2.36. The number of nitrogens with one attached hydrogen (secondary N) is 1. The number of benzene rings is 1. The van der Waals surface area contributed by atoms with Crippen molar-refractivity contribution in [3.05, 3.63) is 48.3 Å². The lowest BCUT2D eigenvalue weighted by molar-refractivity contribution is 0.238. The van der Waals surface area contributed by atoms with Crippen molar-refractivity contribution in [1.82, 2.24) is 14.9 Å². The molecule has 4 nitrogen and oxygen atoms in total. The van der Waals surface area contributed by atoms with Gasteiger partial charge in [0.15, 0.2) is 0 Å². The first kappa shape index (κ1) is 12.2. The van der Waals surface area contributed by atoms with Crippen LogP contribution in [0, 0.1) is 5.82 Å². The Balaban J connectivity index is 1.84. The van der Waals surface area contributed by atoms with Crippen LogP contribution in [0.4, 0.5) is 9.18 Å². The number of fused-ring (bicyclic) bond motifs is 1. The zero-order valence-electron chi connectivity index (χ0n) is 10.0. The van der Waals surface area contributed by atoms with E-state index >= 15 is 0 Å². The van der Waals surface area contributed by atoms with Gasteiger partial charge in [-0.1, -0.05) is 0 Å². The van der Waals surface area contributed by atoms with Crippen LogP contribution in [-0.2, 0) is 0 Å². The van der Waals surface area contributed by atoms with Crippen LogP contribution in [0.5, 0.6) is 0 Å². The highest BCUT2D eigenvalue weighted by Gasteiger charge is 2.23. The van der Waals surface area contributed by atoms with Crippen LogP contribution in [0.15, 0.2) is 41.8 Å². The van der Waals surface area contributed by atoms with Crippen LogP contribution >= 0.6 is 11.8 Å². The number of carbonyl (C=O) groups is 1. The highest BCUT2D eigenvalue weighted by molar-refractivity contribution is 7.99. The first-order chi connectivity index (χ1) is 9.24. The molecule has 98 valence electrons. The molecule has 3 rings (SSSR count). The molecule has 0 aliphatic carbocycles. The number of halogens is 1. The van der Waals surface area contributed by atoms with Crippen molar-refractivity contribution in [3.8, 4) is 0 Å². The van der Waals surface area contributed by atoms with E-state index in [-0.39, 0.29) is 17.9 Å². The van der Waals surface area contributed by atoms with Crippen LogP contribution in [-0.4, -0.2) is 21.3 Å². The van der Waals surface area contributed by atoms with Gasteiger partial charge in [0.25, 0.3) is 0 Å². The number of amides is 1. The van der Waals surface area contributed by atoms with Gasteiger partial charge in [-0.15, -0.1) is 11.8 Å². The molecule has 1 aliphatic rings. The highest BCUT2D eigenvalue weighted by atomic mass is 32.2. The third-order valence-corrected chi connectivity index (χ3v) is 4.17. The summed E-state index contributed by atoms with van der Waals surface area (Å²) in [6.07, 6.45) is 5.37. The van der Waals surface area contributed by atoms with Gasteiger partial charge in [-0.05, 0) is 30.2 Å². The zero-order valence-corrected chi connectivity index (χ0v) is 10.9. The van der Waals surface area contributed by atoms with Crippen molar-refractivity contribution in [2.75, 3.05) is 5.75 Å². The third kappa shape index (κ3) is 2.49. The summed E-state index contributed by atoms with van der Waals surface area (Å²) in [5, 5.41) is 2.91.